The van der Waals surface area contributed by atoms with Crippen LogP contribution in [0.25, 0.3) is 16.9 Å². The van der Waals surface area contributed by atoms with Gasteiger partial charge in [-0.15, -0.1) is 0 Å². The second-order valence-corrected chi connectivity index (χ2v) is 7.78. The summed E-state index contributed by atoms with van der Waals surface area (Å²) in [6, 6.07) is 17.0. The van der Waals surface area contributed by atoms with Gasteiger partial charge in [0.15, 0.2) is 5.82 Å². The zero-order chi connectivity index (χ0) is 20.7. The van der Waals surface area contributed by atoms with E-state index < -0.39 is 0 Å². The van der Waals surface area contributed by atoms with E-state index in [2.05, 4.69) is 0 Å². The van der Waals surface area contributed by atoms with Crippen molar-refractivity contribution in [1.29, 1.82) is 0 Å². The van der Waals surface area contributed by atoms with Crippen LogP contribution in [-0.2, 0) is 4.79 Å². The quantitative estimate of drug-likeness (QED) is 0.371. The standard InChI is InChI=1S/C23H19Cl2N3O/c1-14-7-6-8-15(2)22(14)28(16(3)29)23-21(18-11-10-17(24)13-19(18)25)26-20-9-4-5-12-27(20)23/h4-13H,1-3H3. The average Bonchev–Trinajstić information content (AvgIpc) is 3.03. The molecule has 29 heavy (non-hydrogen) atoms. The van der Waals surface area contributed by atoms with Gasteiger partial charge in [-0.25, -0.2) is 4.98 Å². The largest absolute Gasteiger partial charge is 0.285 e. The molecular formula is C23H19Cl2N3O. The minimum absolute atomic E-state index is 0.112. The van der Waals surface area contributed by atoms with Gasteiger partial charge in [-0.05, 0) is 55.3 Å². The van der Waals surface area contributed by atoms with Crippen molar-refractivity contribution in [2.24, 2.45) is 0 Å². The summed E-state index contributed by atoms with van der Waals surface area (Å²) < 4.78 is 1.91. The van der Waals surface area contributed by atoms with E-state index in [1.165, 1.54) is 0 Å². The van der Waals surface area contributed by atoms with E-state index in [-0.39, 0.29) is 5.91 Å². The van der Waals surface area contributed by atoms with Crippen LogP contribution < -0.4 is 4.90 Å². The predicted octanol–water partition coefficient (Wildman–Crippen LogP) is 6.61. The van der Waals surface area contributed by atoms with Crippen LogP contribution in [0.15, 0.2) is 60.8 Å². The van der Waals surface area contributed by atoms with Gasteiger partial charge in [-0.1, -0.05) is 47.5 Å². The first-order valence-electron chi connectivity index (χ1n) is 9.18. The molecule has 0 aliphatic heterocycles. The van der Waals surface area contributed by atoms with E-state index in [9.17, 15) is 4.79 Å². The zero-order valence-corrected chi connectivity index (χ0v) is 17.8. The summed E-state index contributed by atoms with van der Waals surface area (Å²) in [5.41, 5.74) is 4.90. The number of fused-ring (bicyclic) bond motifs is 1. The van der Waals surface area contributed by atoms with Crippen LogP contribution >= 0.6 is 23.2 Å². The van der Waals surface area contributed by atoms with Crippen LogP contribution in [0.5, 0.6) is 0 Å². The van der Waals surface area contributed by atoms with Crippen molar-refractivity contribution in [2.75, 3.05) is 4.90 Å². The van der Waals surface area contributed by atoms with Gasteiger partial charge in [0.1, 0.15) is 11.3 Å². The molecule has 0 fully saturated rings. The minimum Gasteiger partial charge on any atom is -0.285 e. The van der Waals surface area contributed by atoms with E-state index in [0.29, 0.717) is 27.1 Å². The number of nitrogens with zero attached hydrogens (tertiary/aromatic N) is 3. The van der Waals surface area contributed by atoms with Crippen LogP contribution in [0.3, 0.4) is 0 Å². The Morgan fingerprint density at radius 3 is 2.38 bits per heavy atom. The Balaban J connectivity index is 2.09. The fourth-order valence-electron chi connectivity index (χ4n) is 3.63. The first kappa shape index (κ1) is 19.5. The van der Waals surface area contributed by atoms with E-state index >= 15 is 0 Å². The number of amides is 1. The molecular weight excluding hydrogens is 405 g/mol. The second kappa shape index (κ2) is 7.54. The molecule has 4 rings (SSSR count). The molecule has 1 amide bonds. The van der Waals surface area contributed by atoms with Gasteiger partial charge in [0, 0.05) is 23.7 Å². The molecule has 0 aliphatic rings. The summed E-state index contributed by atoms with van der Waals surface area (Å²) in [4.78, 5) is 19.5. The van der Waals surface area contributed by atoms with Crippen LogP contribution in [0.2, 0.25) is 10.0 Å². The van der Waals surface area contributed by atoms with Gasteiger partial charge >= 0.3 is 0 Å². The summed E-state index contributed by atoms with van der Waals surface area (Å²) in [5.74, 6) is 0.536. The van der Waals surface area contributed by atoms with Crippen LogP contribution in [0, 0.1) is 13.8 Å². The smallest absolute Gasteiger partial charge is 0.229 e. The Labute approximate surface area is 179 Å². The third-order valence-corrected chi connectivity index (χ3v) is 5.43. The Hall–Kier alpha value is -2.82. The first-order valence-corrected chi connectivity index (χ1v) is 9.93. The number of pyridine rings is 1. The highest BCUT2D eigenvalue weighted by Crippen LogP contribution is 2.41. The lowest BCUT2D eigenvalue weighted by Crippen LogP contribution is -2.26. The Morgan fingerprint density at radius 2 is 1.72 bits per heavy atom. The topological polar surface area (TPSA) is 37.6 Å². The molecule has 0 aliphatic carbocycles. The number of rotatable bonds is 3. The second-order valence-electron chi connectivity index (χ2n) is 6.93. The number of hydrogen-bond donors (Lipinski definition) is 0. The molecule has 0 saturated heterocycles. The molecule has 0 saturated carbocycles. The van der Waals surface area contributed by atoms with E-state index in [1.807, 2.05) is 66.9 Å². The van der Waals surface area contributed by atoms with Gasteiger partial charge in [0.2, 0.25) is 5.91 Å². The molecule has 4 nitrogen and oxygen atoms in total. The summed E-state index contributed by atoms with van der Waals surface area (Å²) in [6.45, 7) is 5.55. The van der Waals surface area contributed by atoms with Crippen LogP contribution in [-0.4, -0.2) is 15.3 Å². The third kappa shape index (κ3) is 3.39. The summed E-state index contributed by atoms with van der Waals surface area (Å²) in [6.07, 6.45) is 1.90. The predicted molar refractivity (Wildman–Crippen MR) is 119 cm³/mol. The number of carbonyl (C=O) groups is 1. The highest BCUT2D eigenvalue weighted by atomic mass is 35.5. The zero-order valence-electron chi connectivity index (χ0n) is 16.3. The number of hydrogen-bond acceptors (Lipinski definition) is 2. The molecule has 0 radical (unpaired) electrons. The van der Waals surface area contributed by atoms with Gasteiger partial charge in [-0.2, -0.15) is 0 Å². The van der Waals surface area contributed by atoms with Crippen molar-refractivity contribution in [1.82, 2.24) is 9.38 Å². The van der Waals surface area contributed by atoms with Crippen molar-refractivity contribution >= 4 is 46.3 Å². The Kier molecular flexibility index (Phi) is 5.07. The number of aromatic nitrogens is 2. The molecule has 0 unspecified atom stereocenters. The van der Waals surface area contributed by atoms with Crippen molar-refractivity contribution in [3.63, 3.8) is 0 Å². The van der Waals surface area contributed by atoms with Crippen LogP contribution in [0.1, 0.15) is 18.1 Å². The Morgan fingerprint density at radius 1 is 1.00 bits per heavy atom. The van der Waals surface area contributed by atoms with Crippen molar-refractivity contribution < 1.29 is 4.79 Å². The fraction of sp³-hybridized carbons (Fsp3) is 0.130. The molecule has 2 heterocycles. The fourth-order valence-corrected chi connectivity index (χ4v) is 4.13. The molecule has 6 heteroatoms. The number of benzene rings is 2. The number of para-hydroxylation sites is 1. The van der Waals surface area contributed by atoms with Gasteiger partial charge < -0.3 is 0 Å². The van der Waals surface area contributed by atoms with E-state index in [1.54, 1.807) is 24.0 Å². The number of aryl methyl sites for hydroxylation is 2. The maximum atomic E-state index is 12.9. The van der Waals surface area contributed by atoms with E-state index in [4.69, 9.17) is 28.2 Å². The van der Waals surface area contributed by atoms with Gasteiger partial charge in [-0.3, -0.25) is 14.1 Å². The molecule has 4 aromatic rings. The highest BCUT2D eigenvalue weighted by molar-refractivity contribution is 6.36. The van der Waals surface area contributed by atoms with Gasteiger partial charge in [0.05, 0.1) is 10.7 Å². The lowest BCUT2D eigenvalue weighted by molar-refractivity contribution is -0.115. The lowest BCUT2D eigenvalue weighted by atomic mass is 10.1. The van der Waals surface area contributed by atoms with Crippen molar-refractivity contribution in [2.45, 2.75) is 20.8 Å². The molecule has 2 aromatic carbocycles. The maximum absolute atomic E-state index is 12.9. The molecule has 0 bridgehead atoms. The lowest BCUT2D eigenvalue weighted by Gasteiger charge is -2.26. The number of anilines is 2. The minimum atomic E-state index is -0.112. The monoisotopic (exact) mass is 423 g/mol. The SMILES string of the molecule is CC(=O)N(c1c(C)cccc1C)c1c(-c2ccc(Cl)cc2Cl)nc2ccccn12. The summed E-state index contributed by atoms with van der Waals surface area (Å²) in [7, 11) is 0. The normalized spacial score (nSPS) is 11.1. The number of halogens is 2. The number of imidazole rings is 1. The average molecular weight is 424 g/mol. The summed E-state index contributed by atoms with van der Waals surface area (Å²) in [5, 5.41) is 1.02. The van der Waals surface area contributed by atoms with E-state index in [0.717, 1.165) is 22.5 Å². The molecule has 2 aromatic heterocycles. The molecule has 146 valence electrons. The summed E-state index contributed by atoms with van der Waals surface area (Å²) >= 11 is 12.6. The molecule has 0 spiro atoms. The van der Waals surface area contributed by atoms with Crippen LogP contribution in [0.4, 0.5) is 11.5 Å². The Bertz CT molecular complexity index is 1230. The third-order valence-electron chi connectivity index (χ3n) is 4.88. The van der Waals surface area contributed by atoms with Crippen molar-refractivity contribution in [3.05, 3.63) is 82.0 Å². The first-order chi connectivity index (χ1) is 13.9. The highest BCUT2D eigenvalue weighted by Gasteiger charge is 2.27. The maximum Gasteiger partial charge on any atom is 0.229 e. The van der Waals surface area contributed by atoms with Gasteiger partial charge in [0.25, 0.3) is 0 Å². The molecule has 0 N–H and O–H groups in total. The number of carbonyl (C=O) groups excluding carboxylic acids is 1. The van der Waals surface area contributed by atoms with Crippen molar-refractivity contribution in [3.8, 4) is 11.3 Å². The molecule has 0 atom stereocenters.